The number of hydrogen-bond donors (Lipinski definition) is 0. The van der Waals surface area contributed by atoms with Crippen LogP contribution in [0, 0.1) is 0 Å². The van der Waals surface area contributed by atoms with Crippen molar-refractivity contribution >= 4 is 21.8 Å². The minimum atomic E-state index is 0.630. The average molecular weight is 411 g/mol. The Kier molecular flexibility index (Phi) is 4.36. The molecule has 0 saturated carbocycles. The van der Waals surface area contributed by atoms with Crippen molar-refractivity contribution in [3.8, 4) is 33.6 Å². The van der Waals surface area contributed by atoms with Crippen LogP contribution in [0.5, 0.6) is 0 Å². The monoisotopic (exact) mass is 411 g/mol. The van der Waals surface area contributed by atoms with Gasteiger partial charge < -0.3 is 0 Å². The molecule has 150 valence electrons. The maximum absolute atomic E-state index is 4.65. The van der Waals surface area contributed by atoms with E-state index in [4.69, 9.17) is 0 Å². The molecular formula is C27H17N5. The molecule has 0 amide bonds. The van der Waals surface area contributed by atoms with E-state index < -0.39 is 0 Å². The third kappa shape index (κ3) is 3.36. The molecule has 0 atom stereocenters. The van der Waals surface area contributed by atoms with Crippen LogP contribution < -0.4 is 0 Å². The lowest BCUT2D eigenvalue weighted by molar-refractivity contribution is 1.06. The molecule has 6 rings (SSSR count). The van der Waals surface area contributed by atoms with Gasteiger partial charge in [0.2, 0.25) is 0 Å². The van der Waals surface area contributed by atoms with Crippen LogP contribution in [0.4, 0.5) is 0 Å². The van der Waals surface area contributed by atoms with Gasteiger partial charge in [-0.3, -0.25) is 9.97 Å². The lowest BCUT2D eigenvalue weighted by Gasteiger charge is -2.11. The Hall–Kier alpha value is -4.51. The van der Waals surface area contributed by atoms with Crippen molar-refractivity contribution in [2.45, 2.75) is 0 Å². The highest BCUT2D eigenvalue weighted by atomic mass is 15.0. The Labute approximate surface area is 184 Å². The van der Waals surface area contributed by atoms with Crippen molar-refractivity contribution in [3.05, 3.63) is 104 Å². The van der Waals surface area contributed by atoms with Crippen molar-refractivity contribution < 1.29 is 0 Å². The molecule has 0 saturated heterocycles. The fourth-order valence-corrected chi connectivity index (χ4v) is 3.94. The Morgan fingerprint density at radius 1 is 0.438 bits per heavy atom. The van der Waals surface area contributed by atoms with Gasteiger partial charge >= 0.3 is 0 Å². The highest BCUT2D eigenvalue weighted by molar-refractivity contribution is 5.88. The SMILES string of the molecule is c1ccc2ncc(-c3cc(-c4cnc5ccccc5c4)cc(-c4ncncn4)c3)cc2c1. The molecule has 0 N–H and O–H groups in total. The second-order valence-corrected chi connectivity index (χ2v) is 7.59. The number of nitrogens with zero attached hydrogens (tertiary/aromatic N) is 5. The van der Waals surface area contributed by atoms with Crippen LogP contribution in [0.15, 0.2) is 104 Å². The van der Waals surface area contributed by atoms with E-state index in [1.54, 1.807) is 0 Å². The number of rotatable bonds is 3. The van der Waals surface area contributed by atoms with Crippen LogP contribution in [0.2, 0.25) is 0 Å². The second-order valence-electron chi connectivity index (χ2n) is 7.59. The molecule has 3 heterocycles. The first-order chi connectivity index (χ1) is 15.8. The van der Waals surface area contributed by atoms with Crippen molar-refractivity contribution in [1.29, 1.82) is 0 Å². The fourth-order valence-electron chi connectivity index (χ4n) is 3.94. The summed E-state index contributed by atoms with van der Waals surface area (Å²) >= 11 is 0. The Morgan fingerprint density at radius 2 is 0.938 bits per heavy atom. The van der Waals surface area contributed by atoms with Crippen LogP contribution in [-0.2, 0) is 0 Å². The number of benzene rings is 3. The third-order valence-corrected chi connectivity index (χ3v) is 5.53. The normalized spacial score (nSPS) is 11.1. The summed E-state index contributed by atoms with van der Waals surface area (Å²) in [5, 5.41) is 2.20. The second kappa shape index (κ2) is 7.63. The number of pyridine rings is 2. The summed E-state index contributed by atoms with van der Waals surface area (Å²) in [5.74, 6) is 0.630. The Balaban J connectivity index is 1.56. The molecule has 0 unspecified atom stereocenters. The smallest absolute Gasteiger partial charge is 0.162 e. The van der Waals surface area contributed by atoms with Gasteiger partial charge in [0.1, 0.15) is 12.7 Å². The first-order valence-electron chi connectivity index (χ1n) is 10.3. The summed E-state index contributed by atoms with van der Waals surface area (Å²) in [7, 11) is 0. The van der Waals surface area contributed by atoms with Gasteiger partial charge in [0.05, 0.1) is 11.0 Å². The van der Waals surface area contributed by atoms with Crippen LogP contribution in [0.1, 0.15) is 0 Å². The van der Waals surface area contributed by atoms with Gasteiger partial charge in [0.25, 0.3) is 0 Å². The summed E-state index contributed by atoms with van der Waals surface area (Å²) < 4.78 is 0. The fraction of sp³-hybridized carbons (Fsp3) is 0. The minimum absolute atomic E-state index is 0.630. The van der Waals surface area contributed by atoms with E-state index in [9.17, 15) is 0 Å². The molecule has 32 heavy (non-hydrogen) atoms. The van der Waals surface area contributed by atoms with Crippen molar-refractivity contribution in [2.24, 2.45) is 0 Å². The molecule has 3 aromatic heterocycles. The van der Waals surface area contributed by atoms with E-state index >= 15 is 0 Å². The van der Waals surface area contributed by atoms with Gasteiger partial charge in [-0.25, -0.2) is 15.0 Å². The Morgan fingerprint density at radius 3 is 1.50 bits per heavy atom. The van der Waals surface area contributed by atoms with E-state index in [1.807, 2.05) is 48.8 Å². The summed E-state index contributed by atoms with van der Waals surface area (Å²) in [5.41, 5.74) is 7.03. The molecule has 0 fully saturated rings. The molecule has 0 aliphatic heterocycles. The quantitative estimate of drug-likeness (QED) is 0.359. The summed E-state index contributed by atoms with van der Waals surface area (Å²) in [4.78, 5) is 22.0. The third-order valence-electron chi connectivity index (χ3n) is 5.53. The number of hydrogen-bond acceptors (Lipinski definition) is 5. The van der Waals surface area contributed by atoms with Crippen LogP contribution in [0.3, 0.4) is 0 Å². The van der Waals surface area contributed by atoms with Gasteiger partial charge in [0, 0.05) is 39.9 Å². The summed E-state index contributed by atoms with van der Waals surface area (Å²) in [6, 6.07) is 26.9. The molecule has 0 aliphatic rings. The molecule has 6 aromatic rings. The lowest BCUT2D eigenvalue weighted by Crippen LogP contribution is -1.92. The van der Waals surface area contributed by atoms with Crippen molar-refractivity contribution in [1.82, 2.24) is 24.9 Å². The van der Waals surface area contributed by atoms with E-state index in [1.165, 1.54) is 12.7 Å². The molecular weight excluding hydrogens is 394 g/mol. The molecule has 0 aliphatic carbocycles. The highest BCUT2D eigenvalue weighted by Gasteiger charge is 2.11. The maximum atomic E-state index is 4.65. The van der Waals surface area contributed by atoms with E-state index in [0.29, 0.717) is 5.82 Å². The number of fused-ring (bicyclic) bond motifs is 2. The van der Waals surface area contributed by atoms with Crippen LogP contribution in [0.25, 0.3) is 55.4 Å². The zero-order chi connectivity index (χ0) is 21.3. The minimum Gasteiger partial charge on any atom is -0.256 e. The highest BCUT2D eigenvalue weighted by Crippen LogP contribution is 2.33. The molecule has 0 bridgehead atoms. The number of para-hydroxylation sites is 2. The van der Waals surface area contributed by atoms with Gasteiger partial charge in [-0.1, -0.05) is 36.4 Å². The summed E-state index contributed by atoms with van der Waals surface area (Å²) in [6.07, 6.45) is 6.86. The average Bonchev–Trinajstić information content (AvgIpc) is 2.88. The summed E-state index contributed by atoms with van der Waals surface area (Å²) in [6.45, 7) is 0. The van der Waals surface area contributed by atoms with Gasteiger partial charge in [-0.15, -0.1) is 0 Å². The van der Waals surface area contributed by atoms with E-state index in [2.05, 4.69) is 67.4 Å². The van der Waals surface area contributed by atoms with Crippen LogP contribution in [-0.4, -0.2) is 24.9 Å². The molecule has 5 heteroatoms. The zero-order valence-electron chi connectivity index (χ0n) is 17.1. The standard InChI is InChI=1S/C27H17N5/c1-3-7-25-18(5-1)9-23(14-29-25)20-11-21(13-22(12-20)27-31-16-28-17-32-27)24-10-19-6-2-4-8-26(19)30-15-24/h1-17H. The molecule has 5 nitrogen and oxygen atoms in total. The molecule has 0 spiro atoms. The van der Waals surface area contributed by atoms with E-state index in [-0.39, 0.29) is 0 Å². The molecule has 0 radical (unpaired) electrons. The predicted octanol–water partition coefficient (Wildman–Crippen LogP) is 5.97. The topological polar surface area (TPSA) is 64.5 Å². The van der Waals surface area contributed by atoms with Crippen molar-refractivity contribution in [2.75, 3.05) is 0 Å². The molecule has 3 aromatic carbocycles. The Bertz CT molecular complexity index is 1480. The maximum Gasteiger partial charge on any atom is 0.162 e. The van der Waals surface area contributed by atoms with Crippen LogP contribution >= 0.6 is 0 Å². The van der Waals surface area contributed by atoms with Crippen molar-refractivity contribution in [3.63, 3.8) is 0 Å². The van der Waals surface area contributed by atoms with Gasteiger partial charge in [-0.2, -0.15) is 0 Å². The zero-order valence-corrected chi connectivity index (χ0v) is 17.1. The first kappa shape index (κ1) is 18.3. The predicted molar refractivity (Wildman–Crippen MR) is 127 cm³/mol. The van der Waals surface area contributed by atoms with E-state index in [0.717, 1.165) is 49.6 Å². The first-order valence-corrected chi connectivity index (χ1v) is 10.3. The largest absolute Gasteiger partial charge is 0.256 e. The lowest BCUT2D eigenvalue weighted by atomic mass is 9.96. The van der Waals surface area contributed by atoms with Gasteiger partial charge in [0.15, 0.2) is 5.82 Å². The number of aromatic nitrogens is 5. The van der Waals surface area contributed by atoms with Gasteiger partial charge in [-0.05, 0) is 53.6 Å².